The molecule has 0 saturated carbocycles. The van der Waals surface area contributed by atoms with E-state index in [0.717, 1.165) is 16.3 Å². The Hall–Kier alpha value is -2.36. The SMILES string of the molecule is COC(=O)C(CC(=O)O)Cc1ccc2ccccc2c1. The Balaban J connectivity index is 2.23. The molecule has 1 N–H and O–H groups in total. The van der Waals surface area contributed by atoms with Crippen molar-refractivity contribution in [2.45, 2.75) is 12.8 Å². The molecule has 4 heteroatoms. The maximum absolute atomic E-state index is 11.6. The fourth-order valence-corrected chi connectivity index (χ4v) is 2.27. The quantitative estimate of drug-likeness (QED) is 0.850. The van der Waals surface area contributed by atoms with E-state index in [0.29, 0.717) is 6.42 Å². The molecule has 0 radical (unpaired) electrons. The van der Waals surface area contributed by atoms with Crippen LogP contribution in [0.1, 0.15) is 12.0 Å². The summed E-state index contributed by atoms with van der Waals surface area (Å²) in [7, 11) is 1.28. The van der Waals surface area contributed by atoms with Crippen molar-refractivity contribution in [3.05, 3.63) is 48.0 Å². The minimum atomic E-state index is -0.999. The van der Waals surface area contributed by atoms with Crippen LogP contribution < -0.4 is 0 Å². The third-order valence-electron chi connectivity index (χ3n) is 3.25. The van der Waals surface area contributed by atoms with Gasteiger partial charge in [0.15, 0.2) is 0 Å². The van der Waals surface area contributed by atoms with Crippen molar-refractivity contribution in [1.82, 2.24) is 0 Å². The number of methoxy groups -OCH3 is 1. The summed E-state index contributed by atoms with van der Waals surface area (Å²) in [6, 6.07) is 13.8. The first-order valence-electron chi connectivity index (χ1n) is 6.37. The van der Waals surface area contributed by atoms with E-state index in [1.807, 2.05) is 42.5 Å². The normalized spacial score (nSPS) is 12.1. The second kappa shape index (κ2) is 6.19. The van der Waals surface area contributed by atoms with Crippen LogP contribution in [0.3, 0.4) is 0 Å². The summed E-state index contributed by atoms with van der Waals surface area (Å²) in [5.74, 6) is -2.14. The highest BCUT2D eigenvalue weighted by Gasteiger charge is 2.22. The summed E-state index contributed by atoms with van der Waals surface area (Å²) in [5, 5.41) is 11.1. The van der Waals surface area contributed by atoms with Crippen LogP contribution in [-0.2, 0) is 20.7 Å². The summed E-state index contributed by atoms with van der Waals surface area (Å²) in [4.78, 5) is 22.5. The topological polar surface area (TPSA) is 63.6 Å². The van der Waals surface area contributed by atoms with Crippen molar-refractivity contribution in [2.24, 2.45) is 5.92 Å². The number of fused-ring (bicyclic) bond motifs is 1. The van der Waals surface area contributed by atoms with E-state index in [4.69, 9.17) is 5.11 Å². The zero-order chi connectivity index (χ0) is 14.5. The van der Waals surface area contributed by atoms with Gasteiger partial charge in [-0.15, -0.1) is 0 Å². The summed E-state index contributed by atoms with van der Waals surface area (Å²) in [5.41, 5.74) is 0.931. The predicted molar refractivity (Wildman–Crippen MR) is 75.4 cm³/mol. The molecule has 2 aromatic rings. The summed E-state index contributed by atoms with van der Waals surface area (Å²) < 4.78 is 4.67. The van der Waals surface area contributed by atoms with Crippen LogP contribution in [0, 0.1) is 5.92 Å². The molecule has 1 unspecified atom stereocenters. The van der Waals surface area contributed by atoms with E-state index in [1.54, 1.807) is 0 Å². The maximum Gasteiger partial charge on any atom is 0.309 e. The van der Waals surface area contributed by atoms with Gasteiger partial charge in [-0.1, -0.05) is 42.5 Å². The second-order valence-electron chi connectivity index (χ2n) is 4.70. The Kier molecular flexibility index (Phi) is 4.35. The lowest BCUT2D eigenvalue weighted by Crippen LogP contribution is -2.22. The lowest BCUT2D eigenvalue weighted by Gasteiger charge is -2.13. The number of carboxylic acids is 1. The van der Waals surface area contributed by atoms with Crippen molar-refractivity contribution in [1.29, 1.82) is 0 Å². The van der Waals surface area contributed by atoms with Gasteiger partial charge >= 0.3 is 11.9 Å². The molecule has 0 fully saturated rings. The van der Waals surface area contributed by atoms with E-state index < -0.39 is 17.9 Å². The first-order valence-corrected chi connectivity index (χ1v) is 6.37. The fraction of sp³-hybridized carbons (Fsp3) is 0.250. The van der Waals surface area contributed by atoms with E-state index in [1.165, 1.54) is 7.11 Å². The molecular weight excluding hydrogens is 256 g/mol. The highest BCUT2D eigenvalue weighted by atomic mass is 16.5. The molecule has 0 aliphatic carbocycles. The van der Waals surface area contributed by atoms with Gasteiger partial charge in [0.25, 0.3) is 0 Å². The van der Waals surface area contributed by atoms with Gasteiger partial charge in [0.2, 0.25) is 0 Å². The van der Waals surface area contributed by atoms with Gasteiger partial charge in [-0.05, 0) is 22.8 Å². The Labute approximate surface area is 117 Å². The van der Waals surface area contributed by atoms with Crippen LogP contribution in [0.5, 0.6) is 0 Å². The van der Waals surface area contributed by atoms with Crippen molar-refractivity contribution < 1.29 is 19.4 Å². The second-order valence-corrected chi connectivity index (χ2v) is 4.70. The van der Waals surface area contributed by atoms with Crippen LogP contribution in [0.4, 0.5) is 0 Å². The Morgan fingerprint density at radius 1 is 1.15 bits per heavy atom. The van der Waals surface area contributed by atoms with Gasteiger partial charge in [-0.25, -0.2) is 0 Å². The summed E-state index contributed by atoms with van der Waals surface area (Å²) in [6.07, 6.45) is 0.142. The lowest BCUT2D eigenvalue weighted by molar-refractivity contribution is -0.150. The zero-order valence-electron chi connectivity index (χ0n) is 11.2. The molecular formula is C16H16O4. The van der Waals surface area contributed by atoms with Gasteiger partial charge in [0.1, 0.15) is 0 Å². The molecule has 2 rings (SSSR count). The first-order chi connectivity index (χ1) is 9.60. The predicted octanol–water partition coefficient (Wildman–Crippen LogP) is 2.65. The number of rotatable bonds is 5. The fourth-order valence-electron chi connectivity index (χ4n) is 2.27. The van der Waals surface area contributed by atoms with E-state index >= 15 is 0 Å². The van der Waals surface area contributed by atoms with Crippen LogP contribution in [0.25, 0.3) is 10.8 Å². The van der Waals surface area contributed by atoms with E-state index in [-0.39, 0.29) is 6.42 Å². The average molecular weight is 272 g/mol. The number of hydrogen-bond donors (Lipinski definition) is 1. The monoisotopic (exact) mass is 272 g/mol. The van der Waals surface area contributed by atoms with Crippen molar-refractivity contribution in [3.8, 4) is 0 Å². The van der Waals surface area contributed by atoms with Crippen molar-refractivity contribution >= 4 is 22.7 Å². The van der Waals surface area contributed by atoms with E-state index in [9.17, 15) is 9.59 Å². The van der Waals surface area contributed by atoms with Crippen LogP contribution >= 0.6 is 0 Å². The molecule has 0 spiro atoms. The Bertz CT molecular complexity index is 633. The van der Waals surface area contributed by atoms with Gasteiger partial charge in [-0.3, -0.25) is 9.59 Å². The minimum Gasteiger partial charge on any atom is -0.481 e. The molecule has 104 valence electrons. The van der Waals surface area contributed by atoms with Crippen LogP contribution in [0.2, 0.25) is 0 Å². The highest BCUT2D eigenvalue weighted by Crippen LogP contribution is 2.20. The molecule has 4 nitrogen and oxygen atoms in total. The standard InChI is InChI=1S/C16H16O4/c1-20-16(19)14(10-15(17)18)9-11-6-7-12-4-2-3-5-13(12)8-11/h2-8,14H,9-10H2,1H3,(H,17,18). The Morgan fingerprint density at radius 2 is 1.85 bits per heavy atom. The number of carboxylic acid groups (broad SMARTS) is 1. The molecule has 0 amide bonds. The number of esters is 1. The third-order valence-corrected chi connectivity index (χ3v) is 3.25. The number of aliphatic carboxylic acids is 1. The number of carbonyl (C=O) groups excluding carboxylic acids is 1. The average Bonchev–Trinajstić information content (AvgIpc) is 2.45. The van der Waals surface area contributed by atoms with Crippen molar-refractivity contribution in [2.75, 3.05) is 7.11 Å². The number of carbonyl (C=O) groups is 2. The van der Waals surface area contributed by atoms with E-state index in [2.05, 4.69) is 4.74 Å². The maximum atomic E-state index is 11.6. The molecule has 0 aromatic heterocycles. The van der Waals surface area contributed by atoms with Crippen LogP contribution in [-0.4, -0.2) is 24.2 Å². The van der Waals surface area contributed by atoms with Gasteiger partial charge in [0.05, 0.1) is 19.4 Å². The highest BCUT2D eigenvalue weighted by molar-refractivity contribution is 5.83. The molecule has 0 aliphatic heterocycles. The van der Waals surface area contributed by atoms with Crippen molar-refractivity contribution in [3.63, 3.8) is 0 Å². The minimum absolute atomic E-state index is 0.223. The molecule has 0 aliphatic rings. The number of benzene rings is 2. The van der Waals surface area contributed by atoms with Gasteiger partial charge in [-0.2, -0.15) is 0 Å². The zero-order valence-corrected chi connectivity index (χ0v) is 11.2. The molecule has 0 bridgehead atoms. The van der Waals surface area contributed by atoms with Gasteiger partial charge in [0, 0.05) is 0 Å². The summed E-state index contributed by atoms with van der Waals surface area (Å²) in [6.45, 7) is 0. The Morgan fingerprint density at radius 3 is 2.50 bits per heavy atom. The number of ether oxygens (including phenoxy) is 1. The molecule has 0 saturated heterocycles. The van der Waals surface area contributed by atoms with Crippen LogP contribution in [0.15, 0.2) is 42.5 Å². The summed E-state index contributed by atoms with van der Waals surface area (Å²) >= 11 is 0. The molecule has 1 atom stereocenters. The largest absolute Gasteiger partial charge is 0.481 e. The first kappa shape index (κ1) is 14.1. The molecule has 0 heterocycles. The number of hydrogen-bond acceptors (Lipinski definition) is 3. The lowest BCUT2D eigenvalue weighted by atomic mass is 9.95. The smallest absolute Gasteiger partial charge is 0.309 e. The molecule has 20 heavy (non-hydrogen) atoms. The van der Waals surface area contributed by atoms with Gasteiger partial charge < -0.3 is 9.84 Å². The molecule has 2 aromatic carbocycles. The third kappa shape index (κ3) is 3.35.